The number of hydrogen-bond acceptors (Lipinski definition) is 3. The van der Waals surface area contributed by atoms with Crippen molar-refractivity contribution < 1.29 is 4.79 Å². The molecule has 0 radical (unpaired) electrons. The van der Waals surface area contributed by atoms with Crippen LogP contribution in [0.1, 0.15) is 12.2 Å². The molecule has 2 aromatic heterocycles. The number of aromatic amines is 1. The smallest absolute Gasteiger partial charge is 0.224 e. The predicted molar refractivity (Wildman–Crippen MR) is 61.9 cm³/mol. The van der Waals surface area contributed by atoms with Gasteiger partial charge in [-0.1, -0.05) is 0 Å². The summed E-state index contributed by atoms with van der Waals surface area (Å²) in [6.07, 6.45) is 9.16. The van der Waals surface area contributed by atoms with Crippen LogP contribution in [-0.4, -0.2) is 37.4 Å². The van der Waals surface area contributed by atoms with E-state index in [0.29, 0.717) is 19.5 Å². The Morgan fingerprint density at radius 2 is 2.41 bits per heavy atom. The number of nitrogens with one attached hydrogen (secondary N) is 1. The highest BCUT2D eigenvalue weighted by molar-refractivity contribution is 5.75. The minimum absolute atomic E-state index is 0.0927. The van der Waals surface area contributed by atoms with Crippen molar-refractivity contribution in [2.24, 2.45) is 0 Å². The first-order valence-corrected chi connectivity index (χ1v) is 5.43. The van der Waals surface area contributed by atoms with Crippen molar-refractivity contribution in [3.8, 4) is 0 Å². The topological polar surface area (TPSA) is 66.8 Å². The Morgan fingerprint density at radius 1 is 1.53 bits per heavy atom. The molecule has 2 heterocycles. The maximum absolute atomic E-state index is 11.8. The van der Waals surface area contributed by atoms with Crippen LogP contribution in [0, 0.1) is 0 Å². The normalized spacial score (nSPS) is 10.4. The van der Waals surface area contributed by atoms with Crippen LogP contribution < -0.4 is 0 Å². The van der Waals surface area contributed by atoms with Crippen LogP contribution in [0.15, 0.2) is 31.1 Å². The van der Waals surface area contributed by atoms with Crippen LogP contribution in [0.2, 0.25) is 0 Å². The zero-order valence-corrected chi connectivity index (χ0v) is 9.71. The lowest BCUT2D eigenvalue weighted by Crippen LogP contribution is -2.27. The van der Waals surface area contributed by atoms with E-state index in [1.807, 2.05) is 10.8 Å². The molecule has 2 aromatic rings. The molecule has 6 nitrogen and oxygen atoms in total. The molecule has 6 heteroatoms. The standard InChI is InChI=1S/C11H15N5O/c1-15(8-10-13-3-4-14-10)11(17)2-6-16-7-5-12-9-16/h3-5,7,9H,2,6,8H2,1H3,(H,13,14). The third kappa shape index (κ3) is 3.17. The molecule has 1 N–H and O–H groups in total. The van der Waals surface area contributed by atoms with Gasteiger partial charge in [0.15, 0.2) is 0 Å². The van der Waals surface area contributed by atoms with E-state index in [9.17, 15) is 4.79 Å². The average Bonchev–Trinajstić information content (AvgIpc) is 2.98. The zero-order valence-electron chi connectivity index (χ0n) is 9.71. The molecule has 0 aliphatic rings. The second-order valence-electron chi connectivity index (χ2n) is 3.84. The van der Waals surface area contributed by atoms with E-state index in [0.717, 1.165) is 5.82 Å². The molecule has 0 spiro atoms. The number of amides is 1. The minimum atomic E-state index is 0.0927. The van der Waals surface area contributed by atoms with E-state index in [2.05, 4.69) is 15.0 Å². The maximum Gasteiger partial charge on any atom is 0.224 e. The molecule has 2 rings (SSSR count). The first-order chi connectivity index (χ1) is 8.25. The lowest BCUT2D eigenvalue weighted by atomic mass is 10.3. The highest BCUT2D eigenvalue weighted by Crippen LogP contribution is 2.00. The molecule has 0 aliphatic carbocycles. The average molecular weight is 233 g/mol. The summed E-state index contributed by atoms with van der Waals surface area (Å²) >= 11 is 0. The number of carbonyl (C=O) groups is 1. The molecular weight excluding hydrogens is 218 g/mol. The SMILES string of the molecule is CN(Cc1ncc[nH]1)C(=O)CCn1ccnc1. The van der Waals surface area contributed by atoms with Crippen molar-refractivity contribution in [2.75, 3.05) is 7.05 Å². The largest absolute Gasteiger partial charge is 0.347 e. The van der Waals surface area contributed by atoms with Gasteiger partial charge in [-0.15, -0.1) is 0 Å². The van der Waals surface area contributed by atoms with Crippen LogP contribution in [0.3, 0.4) is 0 Å². The van der Waals surface area contributed by atoms with E-state index in [1.54, 1.807) is 36.9 Å². The van der Waals surface area contributed by atoms with E-state index in [-0.39, 0.29) is 5.91 Å². The Bertz CT molecular complexity index is 448. The highest BCUT2D eigenvalue weighted by Gasteiger charge is 2.10. The van der Waals surface area contributed by atoms with E-state index in [1.165, 1.54) is 0 Å². The van der Waals surface area contributed by atoms with Crippen LogP contribution in [0.5, 0.6) is 0 Å². The number of rotatable bonds is 5. The summed E-state index contributed by atoms with van der Waals surface area (Å²) in [7, 11) is 1.78. The third-order valence-corrected chi connectivity index (χ3v) is 2.51. The lowest BCUT2D eigenvalue weighted by molar-refractivity contribution is -0.130. The van der Waals surface area contributed by atoms with Gasteiger partial charge in [0.1, 0.15) is 5.82 Å². The summed E-state index contributed by atoms with van der Waals surface area (Å²) in [5.74, 6) is 0.888. The molecule has 0 atom stereocenters. The fourth-order valence-corrected chi connectivity index (χ4v) is 1.53. The summed E-state index contributed by atoms with van der Waals surface area (Å²) < 4.78 is 1.89. The fourth-order valence-electron chi connectivity index (χ4n) is 1.53. The molecule has 90 valence electrons. The molecule has 0 fully saturated rings. The molecule has 0 aromatic carbocycles. The molecule has 1 amide bonds. The van der Waals surface area contributed by atoms with E-state index in [4.69, 9.17) is 0 Å². The second kappa shape index (κ2) is 5.29. The number of carbonyl (C=O) groups excluding carboxylic acids is 1. The number of nitrogens with zero attached hydrogens (tertiary/aromatic N) is 4. The van der Waals surface area contributed by atoms with Gasteiger partial charge in [-0.25, -0.2) is 9.97 Å². The number of hydrogen-bond donors (Lipinski definition) is 1. The second-order valence-corrected chi connectivity index (χ2v) is 3.84. The summed E-state index contributed by atoms with van der Waals surface area (Å²) in [5.41, 5.74) is 0. The molecule has 0 aliphatic heterocycles. The van der Waals surface area contributed by atoms with Gasteiger partial charge in [0.2, 0.25) is 5.91 Å². The Balaban J connectivity index is 1.79. The molecule has 17 heavy (non-hydrogen) atoms. The van der Waals surface area contributed by atoms with Gasteiger partial charge in [0.05, 0.1) is 12.9 Å². The first-order valence-electron chi connectivity index (χ1n) is 5.43. The van der Waals surface area contributed by atoms with Crippen molar-refractivity contribution in [3.63, 3.8) is 0 Å². The van der Waals surface area contributed by atoms with Crippen molar-refractivity contribution in [2.45, 2.75) is 19.5 Å². The van der Waals surface area contributed by atoms with Gasteiger partial charge in [0, 0.05) is 44.8 Å². The number of H-pyrrole nitrogens is 1. The van der Waals surface area contributed by atoms with Gasteiger partial charge in [-0.3, -0.25) is 4.79 Å². The highest BCUT2D eigenvalue weighted by atomic mass is 16.2. The number of aromatic nitrogens is 4. The summed E-state index contributed by atoms with van der Waals surface area (Å²) in [5, 5.41) is 0. The fraction of sp³-hybridized carbons (Fsp3) is 0.364. The van der Waals surface area contributed by atoms with E-state index >= 15 is 0 Å². The predicted octanol–water partition coefficient (Wildman–Crippen LogP) is 0.655. The van der Waals surface area contributed by atoms with Crippen molar-refractivity contribution in [3.05, 3.63) is 36.9 Å². The van der Waals surface area contributed by atoms with Gasteiger partial charge in [0.25, 0.3) is 0 Å². The monoisotopic (exact) mass is 233 g/mol. The van der Waals surface area contributed by atoms with Crippen LogP contribution in [-0.2, 0) is 17.9 Å². The Labute approximate surface area is 99.3 Å². The summed E-state index contributed by atoms with van der Waals surface area (Å²) in [4.78, 5) is 24.5. The lowest BCUT2D eigenvalue weighted by Gasteiger charge is -2.15. The Morgan fingerprint density at radius 3 is 3.06 bits per heavy atom. The minimum Gasteiger partial charge on any atom is -0.347 e. The Hall–Kier alpha value is -2.11. The van der Waals surface area contributed by atoms with E-state index < -0.39 is 0 Å². The molecule has 0 bridgehead atoms. The zero-order chi connectivity index (χ0) is 12.1. The molecule has 0 saturated carbocycles. The summed E-state index contributed by atoms with van der Waals surface area (Å²) in [6, 6.07) is 0. The Kier molecular flexibility index (Phi) is 3.54. The van der Waals surface area contributed by atoms with Gasteiger partial charge >= 0.3 is 0 Å². The van der Waals surface area contributed by atoms with Gasteiger partial charge in [-0.05, 0) is 0 Å². The van der Waals surface area contributed by atoms with Crippen molar-refractivity contribution >= 4 is 5.91 Å². The number of imidazole rings is 2. The quantitative estimate of drug-likeness (QED) is 0.824. The van der Waals surface area contributed by atoms with Gasteiger partial charge in [-0.2, -0.15) is 0 Å². The van der Waals surface area contributed by atoms with Crippen LogP contribution in [0.25, 0.3) is 0 Å². The summed E-state index contributed by atoms with van der Waals surface area (Å²) in [6.45, 7) is 1.16. The third-order valence-electron chi connectivity index (χ3n) is 2.51. The van der Waals surface area contributed by atoms with Gasteiger partial charge < -0.3 is 14.5 Å². The maximum atomic E-state index is 11.8. The van der Waals surface area contributed by atoms with Crippen LogP contribution in [0.4, 0.5) is 0 Å². The molecule has 0 saturated heterocycles. The number of aryl methyl sites for hydroxylation is 1. The van der Waals surface area contributed by atoms with Crippen molar-refractivity contribution in [1.29, 1.82) is 0 Å². The first kappa shape index (κ1) is 11.4. The molecule has 0 unspecified atom stereocenters. The molecular formula is C11H15N5O. The van der Waals surface area contributed by atoms with Crippen molar-refractivity contribution in [1.82, 2.24) is 24.4 Å². The van der Waals surface area contributed by atoms with Crippen LogP contribution >= 0.6 is 0 Å².